The first-order valence-electron chi connectivity index (χ1n) is 5.73. The van der Waals surface area contributed by atoms with Crippen molar-refractivity contribution in [1.82, 2.24) is 9.78 Å². The summed E-state index contributed by atoms with van der Waals surface area (Å²) in [6.07, 6.45) is 0. The van der Waals surface area contributed by atoms with Gasteiger partial charge in [0, 0.05) is 17.1 Å². The van der Waals surface area contributed by atoms with Crippen LogP contribution in [0.2, 0.25) is 5.15 Å². The van der Waals surface area contributed by atoms with E-state index in [2.05, 4.69) is 21.0 Å². The van der Waals surface area contributed by atoms with E-state index in [1.807, 2.05) is 6.92 Å². The van der Waals surface area contributed by atoms with Crippen LogP contribution >= 0.6 is 27.5 Å². The third-order valence-electron chi connectivity index (χ3n) is 2.82. The lowest BCUT2D eigenvalue weighted by Gasteiger charge is -2.08. The molecular weight excluding hydrogens is 348 g/mol. The number of aryl methyl sites for hydroxylation is 2. The predicted octanol–water partition coefficient (Wildman–Crippen LogP) is 3.42. The summed E-state index contributed by atoms with van der Waals surface area (Å²) in [5.74, 6) is -0.553. The maximum Gasteiger partial charge on any atom is 0.336 e. The van der Waals surface area contributed by atoms with Gasteiger partial charge in [0.15, 0.2) is 0 Å². The van der Waals surface area contributed by atoms with E-state index in [1.54, 1.807) is 23.9 Å². The molecule has 1 heterocycles. The molecule has 0 saturated heterocycles. The van der Waals surface area contributed by atoms with Gasteiger partial charge in [-0.25, -0.2) is 4.79 Å². The molecule has 2 aromatic rings. The van der Waals surface area contributed by atoms with Crippen LogP contribution in [0.4, 0.5) is 0 Å². The zero-order valence-electron chi connectivity index (χ0n) is 10.9. The summed E-state index contributed by atoms with van der Waals surface area (Å²) in [6.45, 7) is 2.08. The molecule has 5 nitrogen and oxygen atoms in total. The van der Waals surface area contributed by atoms with Gasteiger partial charge < -0.3 is 9.84 Å². The third-order valence-corrected chi connectivity index (χ3v) is 3.99. The van der Waals surface area contributed by atoms with Crippen LogP contribution < -0.4 is 4.74 Å². The Labute approximate surface area is 129 Å². The first-order valence-corrected chi connectivity index (χ1v) is 6.91. The number of nitrogens with zero attached hydrogens (tertiary/aromatic N) is 2. The average Bonchev–Trinajstić information content (AvgIpc) is 2.62. The highest BCUT2D eigenvalue weighted by molar-refractivity contribution is 9.10. The first-order chi connectivity index (χ1) is 9.40. The molecule has 0 aliphatic carbocycles. The lowest BCUT2D eigenvalue weighted by Crippen LogP contribution is -2.01. The largest absolute Gasteiger partial charge is 0.489 e. The van der Waals surface area contributed by atoms with Crippen molar-refractivity contribution in [1.29, 1.82) is 0 Å². The highest BCUT2D eigenvalue weighted by Gasteiger charge is 2.13. The normalized spacial score (nSPS) is 10.6. The number of halogens is 2. The fourth-order valence-electron chi connectivity index (χ4n) is 1.75. The summed E-state index contributed by atoms with van der Waals surface area (Å²) in [6, 6.07) is 4.79. The van der Waals surface area contributed by atoms with Gasteiger partial charge in [0.1, 0.15) is 17.5 Å². The van der Waals surface area contributed by atoms with E-state index in [0.29, 0.717) is 15.4 Å². The summed E-state index contributed by atoms with van der Waals surface area (Å²) in [5.41, 5.74) is 1.72. The van der Waals surface area contributed by atoms with Gasteiger partial charge >= 0.3 is 5.97 Å². The maximum atomic E-state index is 11.0. The molecule has 1 aromatic heterocycles. The van der Waals surface area contributed by atoms with Gasteiger partial charge in [0.05, 0.1) is 11.3 Å². The van der Waals surface area contributed by atoms with Crippen LogP contribution in [0.5, 0.6) is 5.75 Å². The molecule has 1 N–H and O–H groups in total. The summed E-state index contributed by atoms with van der Waals surface area (Å²) in [4.78, 5) is 11.0. The van der Waals surface area contributed by atoms with Crippen LogP contribution in [-0.2, 0) is 13.7 Å². The second-order valence-corrected chi connectivity index (χ2v) is 5.43. The van der Waals surface area contributed by atoms with Crippen LogP contribution in [0.3, 0.4) is 0 Å². The Morgan fingerprint density at radius 3 is 2.80 bits per heavy atom. The number of hydrogen-bond donors (Lipinski definition) is 1. The van der Waals surface area contributed by atoms with Crippen molar-refractivity contribution in [2.45, 2.75) is 13.5 Å². The van der Waals surface area contributed by atoms with E-state index in [9.17, 15) is 4.79 Å². The van der Waals surface area contributed by atoms with Crippen molar-refractivity contribution in [2.24, 2.45) is 7.05 Å². The zero-order chi connectivity index (χ0) is 14.9. The molecule has 0 aliphatic rings. The second kappa shape index (κ2) is 5.85. The van der Waals surface area contributed by atoms with Crippen molar-refractivity contribution in [2.75, 3.05) is 0 Å². The van der Waals surface area contributed by atoms with Gasteiger partial charge in [-0.15, -0.1) is 0 Å². The Hall–Kier alpha value is -1.53. The molecule has 1 aromatic carbocycles. The van der Waals surface area contributed by atoms with Gasteiger partial charge in [-0.2, -0.15) is 5.10 Å². The summed E-state index contributed by atoms with van der Waals surface area (Å²) in [7, 11) is 1.75. The van der Waals surface area contributed by atoms with Crippen molar-refractivity contribution in [3.05, 3.63) is 44.6 Å². The molecule has 0 bridgehead atoms. The Morgan fingerprint density at radius 2 is 2.25 bits per heavy atom. The molecule has 0 atom stereocenters. The van der Waals surface area contributed by atoms with E-state index < -0.39 is 5.97 Å². The molecule has 0 radical (unpaired) electrons. The Kier molecular flexibility index (Phi) is 4.35. The van der Waals surface area contributed by atoms with Crippen LogP contribution in [0.1, 0.15) is 21.6 Å². The smallest absolute Gasteiger partial charge is 0.336 e. The Morgan fingerprint density at radius 1 is 1.55 bits per heavy atom. The van der Waals surface area contributed by atoms with Gasteiger partial charge in [-0.05, 0) is 41.1 Å². The quantitative estimate of drug-likeness (QED) is 0.908. The van der Waals surface area contributed by atoms with Crippen LogP contribution in [0, 0.1) is 6.92 Å². The molecule has 2 rings (SSSR count). The Balaban J connectivity index is 2.19. The molecular formula is C13H12BrClN2O3. The van der Waals surface area contributed by atoms with Gasteiger partial charge in [-0.1, -0.05) is 11.6 Å². The fourth-order valence-corrected chi connectivity index (χ4v) is 2.40. The molecule has 0 saturated carbocycles. The maximum absolute atomic E-state index is 11.0. The second-order valence-electron chi connectivity index (χ2n) is 4.21. The zero-order valence-corrected chi connectivity index (χ0v) is 13.2. The molecule has 0 unspecified atom stereocenters. The highest BCUT2D eigenvalue weighted by atomic mass is 79.9. The van der Waals surface area contributed by atoms with E-state index in [1.165, 1.54) is 6.07 Å². The molecule has 0 amide bonds. The number of carbonyl (C=O) groups is 1. The van der Waals surface area contributed by atoms with Crippen molar-refractivity contribution < 1.29 is 14.6 Å². The minimum Gasteiger partial charge on any atom is -0.489 e. The van der Waals surface area contributed by atoms with Gasteiger partial charge in [0.25, 0.3) is 0 Å². The SMILES string of the molecule is Cc1nn(C)c(Cl)c1COc1ccc(Br)c(C(=O)O)c1. The first kappa shape index (κ1) is 14.9. The average molecular weight is 360 g/mol. The topological polar surface area (TPSA) is 64.4 Å². The van der Waals surface area contributed by atoms with E-state index in [0.717, 1.165) is 11.3 Å². The van der Waals surface area contributed by atoms with E-state index >= 15 is 0 Å². The third kappa shape index (κ3) is 2.96. The molecule has 106 valence electrons. The minimum absolute atomic E-state index is 0.150. The number of rotatable bonds is 4. The molecule has 20 heavy (non-hydrogen) atoms. The molecule has 0 fully saturated rings. The summed E-state index contributed by atoms with van der Waals surface area (Å²) >= 11 is 9.29. The molecule has 7 heteroatoms. The Bertz CT molecular complexity index is 670. The van der Waals surface area contributed by atoms with Crippen LogP contribution in [-0.4, -0.2) is 20.9 Å². The predicted molar refractivity (Wildman–Crippen MR) is 78.4 cm³/mol. The van der Waals surface area contributed by atoms with Crippen molar-refractivity contribution >= 4 is 33.5 Å². The van der Waals surface area contributed by atoms with Gasteiger partial charge in [0.2, 0.25) is 0 Å². The summed E-state index contributed by atoms with van der Waals surface area (Å²) < 4.78 is 7.67. The number of aromatic nitrogens is 2. The van der Waals surface area contributed by atoms with Gasteiger partial charge in [-0.3, -0.25) is 4.68 Å². The molecule has 0 aliphatic heterocycles. The lowest BCUT2D eigenvalue weighted by atomic mass is 10.2. The van der Waals surface area contributed by atoms with E-state index in [-0.39, 0.29) is 12.2 Å². The number of aromatic carboxylic acids is 1. The number of carboxylic acids is 1. The van der Waals surface area contributed by atoms with E-state index in [4.69, 9.17) is 21.4 Å². The standard InChI is InChI=1S/C13H12BrClN2O3/c1-7-10(12(15)17(2)16-7)6-20-8-3-4-11(14)9(5-8)13(18)19/h3-5H,6H2,1-2H3,(H,18,19). The number of carboxylic acid groups (broad SMARTS) is 1. The lowest BCUT2D eigenvalue weighted by molar-refractivity contribution is 0.0695. The number of benzene rings is 1. The molecule has 0 spiro atoms. The van der Waals surface area contributed by atoms with Crippen LogP contribution in [0.15, 0.2) is 22.7 Å². The van der Waals surface area contributed by atoms with Crippen molar-refractivity contribution in [3.8, 4) is 5.75 Å². The highest BCUT2D eigenvalue weighted by Crippen LogP contribution is 2.25. The monoisotopic (exact) mass is 358 g/mol. The van der Waals surface area contributed by atoms with Crippen molar-refractivity contribution in [3.63, 3.8) is 0 Å². The number of ether oxygens (including phenoxy) is 1. The summed E-state index contributed by atoms with van der Waals surface area (Å²) in [5, 5.41) is 13.7. The minimum atomic E-state index is -1.02. The number of hydrogen-bond acceptors (Lipinski definition) is 3. The van der Waals surface area contributed by atoms with Crippen LogP contribution in [0.25, 0.3) is 0 Å². The fraction of sp³-hybridized carbons (Fsp3) is 0.231.